The van der Waals surface area contributed by atoms with Gasteiger partial charge in [0.1, 0.15) is 0 Å². The Morgan fingerprint density at radius 3 is 2.63 bits per heavy atom. The van der Waals surface area contributed by atoms with Crippen LogP contribution in [0, 0.1) is 0 Å². The Labute approximate surface area is 112 Å². The molecule has 3 N–H and O–H groups in total. The number of nitrogens with zero attached hydrogens (tertiary/aromatic N) is 3. The highest BCUT2D eigenvalue weighted by atomic mass is 16.4. The Bertz CT molecular complexity index is 551. The van der Waals surface area contributed by atoms with Crippen molar-refractivity contribution in [1.29, 1.82) is 0 Å². The highest BCUT2D eigenvalue weighted by Gasteiger charge is 2.04. The predicted octanol–water partition coefficient (Wildman–Crippen LogP) is 1.81. The fourth-order valence-corrected chi connectivity index (χ4v) is 1.80. The van der Waals surface area contributed by atoms with E-state index in [9.17, 15) is 0 Å². The molecule has 1 aromatic carbocycles. The van der Waals surface area contributed by atoms with Gasteiger partial charge in [-0.2, -0.15) is 0 Å². The summed E-state index contributed by atoms with van der Waals surface area (Å²) in [6.07, 6.45) is 3.61. The Kier molecular flexibility index (Phi) is 3.97. The van der Waals surface area contributed by atoms with E-state index < -0.39 is 0 Å². The number of benzene rings is 1. The summed E-state index contributed by atoms with van der Waals surface area (Å²) >= 11 is 0. The van der Waals surface area contributed by atoms with Gasteiger partial charge in [-0.05, 0) is 35.9 Å². The standard InChI is InChI=1S/C14H16N4O/c1-18(10-11-3-2-8-16-9-11)13-6-4-12(5-7-13)14(15)17-19/h2-9,19H,10H2,1H3,(H2,15,17). The van der Waals surface area contributed by atoms with E-state index >= 15 is 0 Å². The van der Waals surface area contributed by atoms with E-state index in [-0.39, 0.29) is 5.84 Å². The highest BCUT2D eigenvalue weighted by molar-refractivity contribution is 5.97. The van der Waals surface area contributed by atoms with Gasteiger partial charge in [0.15, 0.2) is 5.84 Å². The van der Waals surface area contributed by atoms with E-state index in [2.05, 4.69) is 15.0 Å². The summed E-state index contributed by atoms with van der Waals surface area (Å²) in [5.74, 6) is 0.112. The van der Waals surface area contributed by atoms with Crippen molar-refractivity contribution in [3.63, 3.8) is 0 Å². The number of amidine groups is 1. The van der Waals surface area contributed by atoms with Gasteiger partial charge in [-0.25, -0.2) is 0 Å². The molecule has 19 heavy (non-hydrogen) atoms. The first kappa shape index (κ1) is 12.9. The van der Waals surface area contributed by atoms with Crippen molar-refractivity contribution < 1.29 is 5.21 Å². The van der Waals surface area contributed by atoms with Crippen LogP contribution in [0.5, 0.6) is 0 Å². The second-order valence-electron chi connectivity index (χ2n) is 4.25. The number of nitrogens with two attached hydrogens (primary N) is 1. The molecular formula is C14H16N4O. The van der Waals surface area contributed by atoms with Crippen molar-refractivity contribution in [3.8, 4) is 0 Å². The van der Waals surface area contributed by atoms with Crippen LogP contribution in [0.25, 0.3) is 0 Å². The van der Waals surface area contributed by atoms with Gasteiger partial charge in [-0.3, -0.25) is 4.98 Å². The fourth-order valence-electron chi connectivity index (χ4n) is 1.80. The zero-order valence-electron chi connectivity index (χ0n) is 10.7. The maximum atomic E-state index is 8.61. The minimum absolute atomic E-state index is 0.112. The molecule has 2 aromatic rings. The summed E-state index contributed by atoms with van der Waals surface area (Å²) in [6.45, 7) is 0.775. The molecule has 0 saturated carbocycles. The van der Waals surface area contributed by atoms with Crippen molar-refractivity contribution in [2.45, 2.75) is 6.54 Å². The van der Waals surface area contributed by atoms with Crippen LogP contribution in [0.3, 0.4) is 0 Å². The van der Waals surface area contributed by atoms with Gasteiger partial charge in [0.05, 0.1) is 0 Å². The van der Waals surface area contributed by atoms with Crippen LogP contribution in [0.4, 0.5) is 5.69 Å². The number of hydrogen-bond acceptors (Lipinski definition) is 4. The second kappa shape index (κ2) is 5.86. The minimum Gasteiger partial charge on any atom is -0.409 e. The number of rotatable bonds is 4. The van der Waals surface area contributed by atoms with E-state index in [0.29, 0.717) is 5.56 Å². The number of aromatic nitrogens is 1. The molecule has 5 heteroatoms. The summed E-state index contributed by atoms with van der Waals surface area (Å²) in [5.41, 5.74) is 8.42. The van der Waals surface area contributed by atoms with Gasteiger partial charge in [0.2, 0.25) is 0 Å². The molecule has 0 amide bonds. The van der Waals surface area contributed by atoms with Gasteiger partial charge < -0.3 is 15.8 Å². The smallest absolute Gasteiger partial charge is 0.170 e. The summed E-state index contributed by atoms with van der Waals surface area (Å²) in [6, 6.07) is 11.5. The van der Waals surface area contributed by atoms with Crippen LogP contribution in [-0.4, -0.2) is 23.1 Å². The molecule has 0 bridgehead atoms. The molecule has 0 spiro atoms. The molecule has 0 aliphatic heterocycles. The van der Waals surface area contributed by atoms with E-state index in [4.69, 9.17) is 10.9 Å². The van der Waals surface area contributed by atoms with E-state index in [1.54, 1.807) is 6.20 Å². The molecule has 0 aliphatic rings. The number of anilines is 1. The van der Waals surface area contributed by atoms with Crippen molar-refractivity contribution in [3.05, 3.63) is 59.9 Å². The van der Waals surface area contributed by atoms with Crippen LogP contribution in [0.15, 0.2) is 53.9 Å². The Morgan fingerprint density at radius 1 is 1.32 bits per heavy atom. The number of oxime groups is 1. The van der Waals surface area contributed by atoms with Gasteiger partial charge in [-0.15, -0.1) is 0 Å². The molecule has 0 saturated heterocycles. The lowest BCUT2D eigenvalue weighted by molar-refractivity contribution is 0.318. The molecular weight excluding hydrogens is 240 g/mol. The molecule has 1 aromatic heterocycles. The third-order valence-corrected chi connectivity index (χ3v) is 2.85. The van der Waals surface area contributed by atoms with Crippen LogP contribution in [0.2, 0.25) is 0 Å². The zero-order chi connectivity index (χ0) is 13.7. The maximum Gasteiger partial charge on any atom is 0.170 e. The molecule has 1 heterocycles. The highest BCUT2D eigenvalue weighted by Crippen LogP contribution is 2.16. The number of pyridine rings is 1. The van der Waals surface area contributed by atoms with Gasteiger partial charge in [0, 0.05) is 37.2 Å². The number of hydrogen-bond donors (Lipinski definition) is 2. The largest absolute Gasteiger partial charge is 0.409 e. The molecule has 5 nitrogen and oxygen atoms in total. The summed E-state index contributed by atoms with van der Waals surface area (Å²) in [7, 11) is 2.01. The molecule has 0 unspecified atom stereocenters. The zero-order valence-corrected chi connectivity index (χ0v) is 10.7. The predicted molar refractivity (Wildman–Crippen MR) is 75.3 cm³/mol. The van der Waals surface area contributed by atoms with Gasteiger partial charge in [-0.1, -0.05) is 11.2 Å². The minimum atomic E-state index is 0.112. The molecule has 0 fully saturated rings. The normalized spacial score (nSPS) is 11.3. The van der Waals surface area contributed by atoms with Crippen LogP contribution >= 0.6 is 0 Å². The second-order valence-corrected chi connectivity index (χ2v) is 4.25. The SMILES string of the molecule is CN(Cc1cccnc1)c1ccc(/C(N)=N/O)cc1. The summed E-state index contributed by atoms with van der Waals surface area (Å²) < 4.78 is 0. The van der Waals surface area contributed by atoms with Crippen LogP contribution in [-0.2, 0) is 6.54 Å². The van der Waals surface area contributed by atoms with Gasteiger partial charge in [0.25, 0.3) is 0 Å². The van der Waals surface area contributed by atoms with Crippen LogP contribution in [0.1, 0.15) is 11.1 Å². The average Bonchev–Trinajstić information content (AvgIpc) is 2.47. The molecule has 2 rings (SSSR count). The quantitative estimate of drug-likeness (QED) is 0.378. The first-order valence-corrected chi connectivity index (χ1v) is 5.88. The molecule has 0 aliphatic carbocycles. The maximum absolute atomic E-state index is 8.61. The third-order valence-electron chi connectivity index (χ3n) is 2.85. The average molecular weight is 256 g/mol. The topological polar surface area (TPSA) is 74.7 Å². The van der Waals surface area contributed by atoms with E-state index in [1.807, 2.05) is 49.6 Å². The summed E-state index contributed by atoms with van der Waals surface area (Å²) in [4.78, 5) is 6.20. The fraction of sp³-hybridized carbons (Fsp3) is 0.143. The first-order chi connectivity index (χ1) is 9.20. The molecule has 98 valence electrons. The Morgan fingerprint density at radius 2 is 2.05 bits per heavy atom. The lowest BCUT2D eigenvalue weighted by Crippen LogP contribution is -2.17. The van der Waals surface area contributed by atoms with Crippen molar-refractivity contribution in [2.24, 2.45) is 10.9 Å². The summed E-state index contributed by atoms with van der Waals surface area (Å²) in [5, 5.41) is 11.6. The molecule has 0 atom stereocenters. The van der Waals surface area contributed by atoms with E-state index in [1.165, 1.54) is 0 Å². The van der Waals surface area contributed by atoms with Gasteiger partial charge >= 0.3 is 0 Å². The van der Waals surface area contributed by atoms with Crippen LogP contribution < -0.4 is 10.6 Å². The molecule has 0 radical (unpaired) electrons. The lowest BCUT2D eigenvalue weighted by atomic mass is 10.1. The third kappa shape index (κ3) is 3.22. The lowest BCUT2D eigenvalue weighted by Gasteiger charge is -2.19. The van der Waals surface area contributed by atoms with E-state index in [0.717, 1.165) is 17.8 Å². The van der Waals surface area contributed by atoms with Crippen molar-refractivity contribution in [1.82, 2.24) is 4.98 Å². The monoisotopic (exact) mass is 256 g/mol. The Balaban J connectivity index is 2.10. The first-order valence-electron chi connectivity index (χ1n) is 5.88. The van der Waals surface area contributed by atoms with Crippen molar-refractivity contribution >= 4 is 11.5 Å². The Hall–Kier alpha value is -2.56. The van der Waals surface area contributed by atoms with Crippen molar-refractivity contribution in [2.75, 3.05) is 11.9 Å².